The van der Waals surface area contributed by atoms with Gasteiger partial charge in [-0.25, -0.2) is 8.78 Å². The average Bonchev–Trinajstić information content (AvgIpc) is 2.47. The molecule has 1 N–H and O–H groups in total. The summed E-state index contributed by atoms with van der Waals surface area (Å²) < 4.78 is 33.1. The Morgan fingerprint density at radius 2 is 1.81 bits per heavy atom. The van der Waals surface area contributed by atoms with E-state index in [1.165, 1.54) is 18.2 Å². The molecule has 118 valence electrons. The molecule has 0 saturated carbocycles. The molecule has 0 spiro atoms. The molecule has 5 heteroatoms. The van der Waals surface area contributed by atoms with Crippen molar-refractivity contribution in [1.82, 2.24) is 10.2 Å². The second kappa shape index (κ2) is 6.81. The van der Waals surface area contributed by atoms with Crippen LogP contribution in [0.5, 0.6) is 0 Å². The molecule has 1 fully saturated rings. The summed E-state index contributed by atoms with van der Waals surface area (Å²) in [6.45, 7) is 7.30. The standard InChI is InChI=1S/C16H24F2N2O/c1-16(2,20-7-9-21-10-8-20)15(19-3)11-12-13(17)5-4-6-14(12)18/h4-6,15,19H,7-11H2,1-3H3. The molecule has 0 amide bonds. The second-order valence-corrected chi connectivity index (χ2v) is 6.00. The van der Waals surface area contributed by atoms with Crippen molar-refractivity contribution >= 4 is 0 Å². The lowest BCUT2D eigenvalue weighted by Gasteiger charge is -2.46. The second-order valence-electron chi connectivity index (χ2n) is 6.00. The molecule has 1 saturated heterocycles. The molecule has 1 aliphatic heterocycles. The predicted octanol–water partition coefficient (Wildman–Crippen LogP) is 2.21. The highest BCUT2D eigenvalue weighted by Gasteiger charge is 2.36. The van der Waals surface area contributed by atoms with Crippen LogP contribution in [0.1, 0.15) is 19.4 Å². The Hall–Kier alpha value is -1.04. The Kier molecular flexibility index (Phi) is 5.30. The fourth-order valence-electron chi connectivity index (χ4n) is 3.00. The van der Waals surface area contributed by atoms with Crippen molar-refractivity contribution in [2.75, 3.05) is 33.4 Å². The van der Waals surface area contributed by atoms with E-state index in [1.54, 1.807) is 0 Å². The van der Waals surface area contributed by atoms with Gasteiger partial charge in [0.1, 0.15) is 11.6 Å². The van der Waals surface area contributed by atoms with E-state index >= 15 is 0 Å². The number of benzene rings is 1. The first-order valence-corrected chi connectivity index (χ1v) is 7.39. The summed E-state index contributed by atoms with van der Waals surface area (Å²) in [7, 11) is 1.84. The van der Waals surface area contributed by atoms with Crippen LogP contribution >= 0.6 is 0 Å². The average molecular weight is 298 g/mol. The first kappa shape index (κ1) is 16.3. The van der Waals surface area contributed by atoms with Gasteiger partial charge in [0.05, 0.1) is 13.2 Å². The van der Waals surface area contributed by atoms with E-state index in [4.69, 9.17) is 4.74 Å². The van der Waals surface area contributed by atoms with Gasteiger partial charge in [-0.1, -0.05) is 6.07 Å². The number of rotatable bonds is 5. The number of nitrogens with zero attached hydrogens (tertiary/aromatic N) is 1. The van der Waals surface area contributed by atoms with Gasteiger partial charge in [-0.05, 0) is 39.4 Å². The van der Waals surface area contributed by atoms with Crippen molar-refractivity contribution in [2.24, 2.45) is 0 Å². The van der Waals surface area contributed by atoms with E-state index in [-0.39, 0.29) is 17.1 Å². The summed E-state index contributed by atoms with van der Waals surface area (Å²) in [6.07, 6.45) is 0.319. The molecule has 1 atom stereocenters. The highest BCUT2D eigenvalue weighted by atomic mass is 19.1. The topological polar surface area (TPSA) is 24.5 Å². The number of halogens is 2. The third-order valence-corrected chi connectivity index (χ3v) is 4.50. The highest BCUT2D eigenvalue weighted by molar-refractivity contribution is 5.22. The molecule has 0 bridgehead atoms. The third kappa shape index (κ3) is 3.59. The van der Waals surface area contributed by atoms with Crippen molar-refractivity contribution in [2.45, 2.75) is 31.8 Å². The van der Waals surface area contributed by atoms with E-state index in [1.807, 2.05) is 7.05 Å². The van der Waals surface area contributed by atoms with Crippen molar-refractivity contribution in [3.63, 3.8) is 0 Å². The van der Waals surface area contributed by atoms with Crippen molar-refractivity contribution in [1.29, 1.82) is 0 Å². The predicted molar refractivity (Wildman–Crippen MR) is 79.4 cm³/mol. The summed E-state index contributed by atoms with van der Waals surface area (Å²) in [5, 5.41) is 3.23. The first-order valence-electron chi connectivity index (χ1n) is 7.39. The van der Waals surface area contributed by atoms with Crippen LogP contribution in [-0.2, 0) is 11.2 Å². The van der Waals surface area contributed by atoms with Gasteiger partial charge in [0.25, 0.3) is 0 Å². The lowest BCUT2D eigenvalue weighted by atomic mass is 9.87. The maximum absolute atomic E-state index is 13.9. The van der Waals surface area contributed by atoms with Crippen molar-refractivity contribution in [3.8, 4) is 0 Å². The Morgan fingerprint density at radius 3 is 2.33 bits per heavy atom. The van der Waals surface area contributed by atoms with Crippen molar-refractivity contribution in [3.05, 3.63) is 35.4 Å². The molecule has 0 radical (unpaired) electrons. The lowest BCUT2D eigenvalue weighted by Crippen LogP contribution is -2.60. The smallest absolute Gasteiger partial charge is 0.129 e. The number of ether oxygens (including phenoxy) is 1. The van der Waals surface area contributed by atoms with Crippen LogP contribution < -0.4 is 5.32 Å². The number of morpholine rings is 1. The molecule has 1 aromatic rings. The maximum atomic E-state index is 13.9. The van der Waals surface area contributed by atoms with Crippen LogP contribution in [0.2, 0.25) is 0 Å². The van der Waals surface area contributed by atoms with E-state index in [0.29, 0.717) is 19.6 Å². The Balaban J connectivity index is 2.18. The van der Waals surface area contributed by atoms with Crippen LogP contribution in [-0.4, -0.2) is 49.8 Å². The SMILES string of the molecule is CNC(Cc1c(F)cccc1F)C(C)(C)N1CCOCC1. The quantitative estimate of drug-likeness (QED) is 0.902. The molecular formula is C16H24F2N2O. The number of likely N-dealkylation sites (N-methyl/N-ethyl adjacent to an activating group) is 1. The molecule has 2 rings (SSSR count). The first-order chi connectivity index (χ1) is 9.96. The molecule has 1 unspecified atom stereocenters. The van der Waals surface area contributed by atoms with Crippen LogP contribution in [0.4, 0.5) is 8.78 Å². The zero-order valence-electron chi connectivity index (χ0n) is 13.0. The van der Waals surface area contributed by atoms with Crippen molar-refractivity contribution < 1.29 is 13.5 Å². The van der Waals surface area contributed by atoms with Gasteiger partial charge in [-0.3, -0.25) is 4.90 Å². The number of hydrogen-bond acceptors (Lipinski definition) is 3. The van der Waals surface area contributed by atoms with Gasteiger partial charge in [-0.15, -0.1) is 0 Å². The fourth-order valence-corrected chi connectivity index (χ4v) is 3.00. The molecular weight excluding hydrogens is 274 g/mol. The van der Waals surface area contributed by atoms with Crippen LogP contribution in [0, 0.1) is 11.6 Å². The maximum Gasteiger partial charge on any atom is 0.129 e. The third-order valence-electron chi connectivity index (χ3n) is 4.50. The van der Waals surface area contributed by atoms with Gasteiger partial charge < -0.3 is 10.1 Å². The number of nitrogens with one attached hydrogen (secondary N) is 1. The van der Waals surface area contributed by atoms with Gasteiger partial charge in [0.15, 0.2) is 0 Å². The molecule has 0 aliphatic carbocycles. The molecule has 21 heavy (non-hydrogen) atoms. The Labute approximate surface area is 125 Å². The highest BCUT2D eigenvalue weighted by Crippen LogP contribution is 2.25. The van der Waals surface area contributed by atoms with Gasteiger partial charge in [0.2, 0.25) is 0 Å². The minimum atomic E-state index is -0.479. The minimum Gasteiger partial charge on any atom is -0.379 e. The largest absolute Gasteiger partial charge is 0.379 e. The van der Waals surface area contributed by atoms with Gasteiger partial charge in [0, 0.05) is 30.2 Å². The summed E-state index contributed by atoms with van der Waals surface area (Å²) in [6, 6.07) is 3.97. The van der Waals surface area contributed by atoms with E-state index < -0.39 is 11.6 Å². The van der Waals surface area contributed by atoms with E-state index in [2.05, 4.69) is 24.1 Å². The summed E-state index contributed by atoms with van der Waals surface area (Å²) in [4.78, 5) is 2.32. The van der Waals surface area contributed by atoms with Crippen LogP contribution in [0.25, 0.3) is 0 Å². The molecule has 1 heterocycles. The van der Waals surface area contributed by atoms with Crippen LogP contribution in [0.3, 0.4) is 0 Å². The van der Waals surface area contributed by atoms with E-state index in [9.17, 15) is 8.78 Å². The zero-order chi connectivity index (χ0) is 15.5. The van der Waals surface area contributed by atoms with Gasteiger partial charge >= 0.3 is 0 Å². The molecule has 1 aromatic carbocycles. The lowest BCUT2D eigenvalue weighted by molar-refractivity contribution is -0.0225. The molecule has 3 nitrogen and oxygen atoms in total. The Bertz CT molecular complexity index is 453. The molecule has 1 aliphatic rings. The summed E-state index contributed by atoms with van der Waals surface area (Å²) >= 11 is 0. The molecule has 0 aromatic heterocycles. The van der Waals surface area contributed by atoms with Gasteiger partial charge in [-0.2, -0.15) is 0 Å². The minimum absolute atomic E-state index is 0.0537. The number of hydrogen-bond donors (Lipinski definition) is 1. The summed E-state index contributed by atoms with van der Waals surface area (Å²) in [5.74, 6) is -0.957. The van der Waals surface area contributed by atoms with Crippen LogP contribution in [0.15, 0.2) is 18.2 Å². The Morgan fingerprint density at radius 1 is 1.24 bits per heavy atom. The van der Waals surface area contributed by atoms with E-state index in [0.717, 1.165) is 13.1 Å². The summed E-state index contributed by atoms with van der Waals surface area (Å²) in [5.41, 5.74) is -0.0639. The monoisotopic (exact) mass is 298 g/mol. The zero-order valence-corrected chi connectivity index (χ0v) is 13.0. The normalized spacial score (nSPS) is 18.7. The fraction of sp³-hybridized carbons (Fsp3) is 0.625.